The molecule has 0 heterocycles. The minimum Gasteiger partial charge on any atom is -0.508 e. The summed E-state index contributed by atoms with van der Waals surface area (Å²) in [5.74, 6) is 0.203. The van der Waals surface area contributed by atoms with E-state index in [1.54, 1.807) is 62.6 Å². The van der Waals surface area contributed by atoms with Crippen LogP contribution in [-0.4, -0.2) is 64.2 Å². The number of phenols is 1. The van der Waals surface area contributed by atoms with E-state index in [9.17, 15) is 19.5 Å². The average molecular weight is 594 g/mol. The summed E-state index contributed by atoms with van der Waals surface area (Å²) >= 11 is 1.59. The van der Waals surface area contributed by atoms with Gasteiger partial charge in [-0.15, -0.1) is 0 Å². The van der Waals surface area contributed by atoms with Gasteiger partial charge in [0.25, 0.3) is 0 Å². The summed E-state index contributed by atoms with van der Waals surface area (Å²) in [6.45, 7) is 13.7. The molecule has 1 aromatic carbocycles. The number of unbranched alkanes of at least 4 members (excludes halogenated alkanes) is 5. The number of phenolic OH excluding ortho intramolecular Hbond substituents is 1. The lowest BCUT2D eigenvalue weighted by Crippen LogP contribution is -2.54. The molecule has 1 rings (SSSR count). The number of hydrogen-bond acceptors (Lipinski definition) is 6. The van der Waals surface area contributed by atoms with Gasteiger partial charge in [-0.3, -0.25) is 9.59 Å². The van der Waals surface area contributed by atoms with Crippen molar-refractivity contribution >= 4 is 29.7 Å². The number of aromatic hydroxyl groups is 1. The molecule has 0 aliphatic rings. The van der Waals surface area contributed by atoms with E-state index in [1.807, 2.05) is 13.2 Å². The third-order valence-electron chi connectivity index (χ3n) is 6.84. The van der Waals surface area contributed by atoms with Gasteiger partial charge >= 0.3 is 6.09 Å². The number of nitrogens with zero attached hydrogens (tertiary/aromatic N) is 1. The Hall–Kier alpha value is -2.42. The summed E-state index contributed by atoms with van der Waals surface area (Å²) in [6.07, 6.45) is 9.63. The van der Waals surface area contributed by atoms with Crippen LogP contribution in [-0.2, 0) is 14.3 Å². The molecule has 1 aromatic rings. The van der Waals surface area contributed by atoms with Crippen molar-refractivity contribution in [1.82, 2.24) is 15.5 Å². The largest absolute Gasteiger partial charge is 0.508 e. The van der Waals surface area contributed by atoms with Crippen molar-refractivity contribution in [2.45, 2.75) is 130 Å². The van der Waals surface area contributed by atoms with E-state index in [4.69, 9.17) is 4.74 Å². The monoisotopic (exact) mass is 593 g/mol. The molecule has 0 saturated heterocycles. The average Bonchev–Trinajstić information content (AvgIpc) is 2.88. The summed E-state index contributed by atoms with van der Waals surface area (Å²) in [7, 11) is 0. The number of carbonyl (C=O) groups excluding carboxylic acids is 3. The van der Waals surface area contributed by atoms with Gasteiger partial charge in [0.15, 0.2) is 0 Å². The minimum atomic E-state index is -0.908. The predicted octanol–water partition coefficient (Wildman–Crippen LogP) is 6.88. The van der Waals surface area contributed by atoms with Crippen molar-refractivity contribution in [3.63, 3.8) is 0 Å². The lowest BCUT2D eigenvalue weighted by Gasteiger charge is -2.35. The van der Waals surface area contributed by atoms with Crippen LogP contribution in [0.2, 0.25) is 0 Å². The van der Waals surface area contributed by atoms with Crippen LogP contribution in [0.15, 0.2) is 18.2 Å². The van der Waals surface area contributed by atoms with Crippen molar-refractivity contribution in [1.29, 1.82) is 0 Å². The number of benzene rings is 1. The smallest absolute Gasteiger partial charge is 0.408 e. The predicted molar refractivity (Wildman–Crippen MR) is 169 cm³/mol. The van der Waals surface area contributed by atoms with Gasteiger partial charge in [0.05, 0.1) is 0 Å². The molecule has 3 atom stereocenters. The number of rotatable bonds is 18. The highest BCUT2D eigenvalue weighted by Crippen LogP contribution is 2.28. The molecule has 41 heavy (non-hydrogen) atoms. The van der Waals surface area contributed by atoms with Crippen LogP contribution in [0.3, 0.4) is 0 Å². The molecule has 0 aromatic heterocycles. The molecule has 0 radical (unpaired) electrons. The van der Waals surface area contributed by atoms with Gasteiger partial charge in [-0.1, -0.05) is 58.4 Å². The van der Waals surface area contributed by atoms with Crippen LogP contribution in [0.1, 0.15) is 116 Å². The van der Waals surface area contributed by atoms with Crippen LogP contribution in [0.25, 0.3) is 0 Å². The molecular formula is C32H55N3O5S. The molecule has 234 valence electrons. The number of carbonyl (C=O) groups is 3. The molecule has 0 spiro atoms. The third-order valence-corrected chi connectivity index (χ3v) is 7.49. The van der Waals surface area contributed by atoms with Crippen LogP contribution in [0, 0.1) is 6.92 Å². The van der Waals surface area contributed by atoms with Crippen molar-refractivity contribution in [2.24, 2.45) is 0 Å². The highest BCUT2D eigenvalue weighted by atomic mass is 32.2. The summed E-state index contributed by atoms with van der Waals surface area (Å²) in [4.78, 5) is 42.6. The van der Waals surface area contributed by atoms with Gasteiger partial charge in [-0.05, 0) is 89.1 Å². The molecule has 3 unspecified atom stereocenters. The number of aryl methyl sites for hydroxylation is 1. The zero-order valence-corrected chi connectivity index (χ0v) is 27.5. The van der Waals surface area contributed by atoms with Gasteiger partial charge in [-0.25, -0.2) is 4.79 Å². The molecule has 0 saturated carbocycles. The lowest BCUT2D eigenvalue weighted by molar-refractivity contribution is -0.143. The second-order valence-electron chi connectivity index (χ2n) is 11.9. The quantitative estimate of drug-likeness (QED) is 0.160. The zero-order chi connectivity index (χ0) is 31.0. The molecule has 3 amide bonds. The maximum absolute atomic E-state index is 14.3. The molecule has 3 N–H and O–H groups in total. The van der Waals surface area contributed by atoms with Gasteiger partial charge in [0, 0.05) is 12.6 Å². The maximum atomic E-state index is 14.3. The number of hydrogen-bond donors (Lipinski definition) is 3. The van der Waals surface area contributed by atoms with Gasteiger partial charge < -0.3 is 25.4 Å². The van der Waals surface area contributed by atoms with Gasteiger partial charge in [-0.2, -0.15) is 11.8 Å². The van der Waals surface area contributed by atoms with Crippen LogP contribution < -0.4 is 10.6 Å². The number of ether oxygens (including phenoxy) is 1. The number of amides is 3. The van der Waals surface area contributed by atoms with Crippen LogP contribution >= 0.6 is 11.8 Å². The van der Waals surface area contributed by atoms with E-state index in [0.717, 1.165) is 44.9 Å². The summed E-state index contributed by atoms with van der Waals surface area (Å²) in [5.41, 5.74) is 0.540. The topological polar surface area (TPSA) is 108 Å². The van der Waals surface area contributed by atoms with Crippen molar-refractivity contribution < 1.29 is 24.2 Å². The Labute approximate surface area is 252 Å². The fraction of sp³-hybridized carbons (Fsp3) is 0.719. The van der Waals surface area contributed by atoms with E-state index in [0.29, 0.717) is 29.8 Å². The van der Waals surface area contributed by atoms with E-state index in [-0.39, 0.29) is 23.6 Å². The van der Waals surface area contributed by atoms with E-state index < -0.39 is 23.8 Å². The van der Waals surface area contributed by atoms with Crippen molar-refractivity contribution in [3.8, 4) is 5.75 Å². The number of nitrogens with one attached hydrogen (secondary N) is 2. The molecule has 0 aliphatic heterocycles. The standard InChI is InChI=1S/C32H55N3O5S/c1-9-11-12-13-14-15-20-35(30(38)26(19-21-41-8)34-31(39)40-32(5,6)7)28(29(37)33-24(4)16-10-2)25-17-18-27(36)23(3)22-25/h17-18,22,24,26,28,36H,9-16,19-21H2,1-8H3,(H,33,37)(H,34,39). The van der Waals surface area contributed by atoms with Crippen molar-refractivity contribution in [3.05, 3.63) is 29.3 Å². The minimum absolute atomic E-state index is 0.0635. The summed E-state index contributed by atoms with van der Waals surface area (Å²) < 4.78 is 5.48. The van der Waals surface area contributed by atoms with Crippen LogP contribution in [0.5, 0.6) is 5.75 Å². The SMILES string of the molecule is CCCCCCCCN(C(=O)C(CCSC)NC(=O)OC(C)(C)C)C(C(=O)NC(C)CCC)c1ccc(O)c(C)c1. The Bertz CT molecular complexity index is 950. The fourth-order valence-corrected chi connectivity index (χ4v) is 5.19. The Kier molecular flexibility index (Phi) is 16.9. The highest BCUT2D eigenvalue weighted by molar-refractivity contribution is 7.98. The Morgan fingerprint density at radius 1 is 1.00 bits per heavy atom. The second-order valence-corrected chi connectivity index (χ2v) is 12.9. The lowest BCUT2D eigenvalue weighted by atomic mass is 9.98. The number of alkyl carbamates (subject to hydrolysis) is 1. The van der Waals surface area contributed by atoms with E-state index in [1.165, 1.54) is 6.42 Å². The summed E-state index contributed by atoms with van der Waals surface area (Å²) in [6, 6.07) is 3.22. The molecule has 8 nitrogen and oxygen atoms in total. The molecule has 0 aliphatic carbocycles. The van der Waals surface area contributed by atoms with E-state index >= 15 is 0 Å². The second kappa shape index (κ2) is 18.9. The molecular weight excluding hydrogens is 538 g/mol. The molecule has 0 bridgehead atoms. The Morgan fingerprint density at radius 2 is 1.66 bits per heavy atom. The molecule has 9 heteroatoms. The van der Waals surface area contributed by atoms with Crippen LogP contribution in [0.4, 0.5) is 4.79 Å². The first kappa shape index (κ1) is 36.6. The highest BCUT2D eigenvalue weighted by Gasteiger charge is 2.36. The van der Waals surface area contributed by atoms with E-state index in [2.05, 4.69) is 24.5 Å². The first-order chi connectivity index (χ1) is 19.3. The third kappa shape index (κ3) is 13.9. The fourth-order valence-electron chi connectivity index (χ4n) is 4.72. The Balaban J connectivity index is 3.50. The summed E-state index contributed by atoms with van der Waals surface area (Å²) in [5, 5.41) is 16.1. The number of thioether (sulfide) groups is 1. The van der Waals surface area contributed by atoms with Crippen molar-refractivity contribution in [2.75, 3.05) is 18.6 Å². The van der Waals surface area contributed by atoms with Gasteiger partial charge in [0.1, 0.15) is 23.4 Å². The zero-order valence-electron chi connectivity index (χ0n) is 26.7. The molecule has 0 fully saturated rings. The van der Waals surface area contributed by atoms with Gasteiger partial charge in [0.2, 0.25) is 11.8 Å². The Morgan fingerprint density at radius 3 is 2.24 bits per heavy atom. The maximum Gasteiger partial charge on any atom is 0.408 e. The normalized spacial score (nSPS) is 13.7. The first-order valence-corrected chi connectivity index (χ1v) is 16.6. The first-order valence-electron chi connectivity index (χ1n) is 15.2.